The van der Waals surface area contributed by atoms with E-state index in [0.29, 0.717) is 25.7 Å². The number of esters is 4. The fourth-order valence-corrected chi connectivity index (χ4v) is 8.74. The number of aliphatic hydroxyl groups is 1. The predicted molar refractivity (Wildman–Crippen MR) is 266 cm³/mol. The SMILES string of the molecule is CCCCCCCCCCCCC(=O)OC[C@H](COP(=O)(O)OC[C@H](O)COP(=O)(O)OC[C@@H](COC(=O)CCCCCC)OC(=O)CCCCCCC)OC(=O)CCCCCCCCCCCC. The van der Waals surface area contributed by atoms with Crippen LogP contribution in [0.3, 0.4) is 0 Å². The molecular weight excluding hydrogens is 934 g/mol. The standard InChI is InChI=1S/C50H96O17P2/c1-5-9-13-17-19-21-23-25-28-31-35-48(53)61-41-46(67-50(55)37-33-29-26-24-22-20-18-14-10-6-2)43-65-69(58,59)63-39-44(51)38-62-68(56,57)64-42-45(40-60-47(52)34-30-16-12-8-4)66-49(54)36-32-27-15-11-7-3/h44-46,51H,5-43H2,1-4H3,(H,56,57)(H,58,59)/t44-,45-,46-/m1/s1. The summed E-state index contributed by atoms with van der Waals surface area (Å²) in [6.45, 7) is 4.54. The van der Waals surface area contributed by atoms with E-state index in [4.69, 9.17) is 37.0 Å². The zero-order chi connectivity index (χ0) is 51.3. The minimum Gasteiger partial charge on any atom is -0.462 e. The molecule has 19 heteroatoms. The van der Waals surface area contributed by atoms with Gasteiger partial charge in [-0.2, -0.15) is 0 Å². The second kappa shape index (κ2) is 45.9. The largest absolute Gasteiger partial charge is 0.472 e. The molecule has 0 bridgehead atoms. The first-order valence-corrected chi connectivity index (χ1v) is 29.8. The monoisotopic (exact) mass is 1030 g/mol. The smallest absolute Gasteiger partial charge is 0.462 e. The Labute approximate surface area is 416 Å². The Morgan fingerprint density at radius 1 is 0.348 bits per heavy atom. The summed E-state index contributed by atoms with van der Waals surface area (Å²) in [4.78, 5) is 70.9. The van der Waals surface area contributed by atoms with Crippen molar-refractivity contribution in [1.82, 2.24) is 0 Å². The molecule has 0 aliphatic rings. The van der Waals surface area contributed by atoms with E-state index in [-0.39, 0.29) is 25.7 Å². The van der Waals surface area contributed by atoms with Gasteiger partial charge in [0, 0.05) is 25.7 Å². The van der Waals surface area contributed by atoms with Crippen LogP contribution in [0.2, 0.25) is 0 Å². The second-order valence-electron chi connectivity index (χ2n) is 18.2. The van der Waals surface area contributed by atoms with Crippen molar-refractivity contribution in [1.29, 1.82) is 0 Å². The Hall–Kier alpha value is -1.94. The number of hydrogen-bond donors (Lipinski definition) is 3. The van der Waals surface area contributed by atoms with Crippen LogP contribution in [-0.2, 0) is 65.4 Å². The summed E-state index contributed by atoms with van der Waals surface area (Å²) in [5, 5.41) is 10.4. The van der Waals surface area contributed by atoms with Gasteiger partial charge in [-0.25, -0.2) is 9.13 Å². The van der Waals surface area contributed by atoms with Crippen LogP contribution in [0, 0.1) is 0 Å². The lowest BCUT2D eigenvalue weighted by Gasteiger charge is -2.21. The van der Waals surface area contributed by atoms with Gasteiger partial charge in [-0.05, 0) is 25.7 Å². The van der Waals surface area contributed by atoms with E-state index in [9.17, 15) is 43.2 Å². The maximum Gasteiger partial charge on any atom is 0.472 e. The third kappa shape index (κ3) is 45.7. The fraction of sp³-hybridized carbons (Fsp3) is 0.920. The molecule has 0 saturated heterocycles. The van der Waals surface area contributed by atoms with Crippen molar-refractivity contribution < 1.29 is 80.2 Å². The summed E-state index contributed by atoms with van der Waals surface area (Å²) in [6.07, 6.45) is 26.1. The summed E-state index contributed by atoms with van der Waals surface area (Å²) in [5.41, 5.74) is 0. The number of unbranched alkanes of at least 4 members (excludes halogenated alkanes) is 25. The number of ether oxygens (including phenoxy) is 4. The van der Waals surface area contributed by atoms with Crippen LogP contribution in [0.25, 0.3) is 0 Å². The number of carbonyl (C=O) groups excluding carboxylic acids is 4. The lowest BCUT2D eigenvalue weighted by molar-refractivity contribution is -0.161. The molecule has 0 saturated carbocycles. The molecule has 3 N–H and O–H groups in total. The van der Waals surface area contributed by atoms with E-state index in [1.54, 1.807) is 0 Å². The van der Waals surface area contributed by atoms with Crippen molar-refractivity contribution in [2.45, 2.75) is 258 Å². The van der Waals surface area contributed by atoms with Gasteiger partial charge in [0.25, 0.3) is 0 Å². The highest BCUT2D eigenvalue weighted by Gasteiger charge is 2.30. The lowest BCUT2D eigenvalue weighted by atomic mass is 10.1. The van der Waals surface area contributed by atoms with E-state index in [0.717, 1.165) is 89.9 Å². The van der Waals surface area contributed by atoms with E-state index < -0.39 is 97.5 Å². The van der Waals surface area contributed by atoms with E-state index in [1.165, 1.54) is 70.6 Å². The van der Waals surface area contributed by atoms with Crippen molar-refractivity contribution in [3.8, 4) is 0 Å². The number of hydrogen-bond acceptors (Lipinski definition) is 15. The van der Waals surface area contributed by atoms with Gasteiger partial charge in [0.2, 0.25) is 0 Å². The first kappa shape index (κ1) is 67.1. The van der Waals surface area contributed by atoms with Gasteiger partial charge in [-0.1, -0.05) is 188 Å². The van der Waals surface area contributed by atoms with Gasteiger partial charge in [-0.3, -0.25) is 37.3 Å². The molecule has 0 radical (unpaired) electrons. The fourth-order valence-electron chi connectivity index (χ4n) is 7.16. The third-order valence-corrected chi connectivity index (χ3v) is 13.3. The van der Waals surface area contributed by atoms with Crippen molar-refractivity contribution in [3.05, 3.63) is 0 Å². The molecule has 0 amide bonds. The summed E-state index contributed by atoms with van der Waals surface area (Å²) in [7, 11) is -9.83. The van der Waals surface area contributed by atoms with Crippen LogP contribution in [0.4, 0.5) is 0 Å². The lowest BCUT2D eigenvalue weighted by Crippen LogP contribution is -2.30. The highest BCUT2D eigenvalue weighted by Crippen LogP contribution is 2.45. The maximum atomic E-state index is 12.8. The molecule has 408 valence electrons. The molecule has 0 aliphatic carbocycles. The molecule has 0 aromatic heterocycles. The Morgan fingerprint density at radius 2 is 0.580 bits per heavy atom. The summed E-state index contributed by atoms with van der Waals surface area (Å²) < 4.78 is 66.9. The van der Waals surface area contributed by atoms with E-state index >= 15 is 0 Å². The number of phosphoric acid groups is 2. The first-order chi connectivity index (χ1) is 33.2. The van der Waals surface area contributed by atoms with E-state index in [1.807, 2.05) is 6.92 Å². The van der Waals surface area contributed by atoms with Crippen LogP contribution >= 0.6 is 15.6 Å². The molecule has 0 aromatic rings. The molecule has 69 heavy (non-hydrogen) atoms. The molecule has 0 spiro atoms. The Balaban J connectivity index is 5.13. The predicted octanol–water partition coefficient (Wildman–Crippen LogP) is 12.5. The van der Waals surface area contributed by atoms with Gasteiger partial charge >= 0.3 is 39.5 Å². The molecule has 0 heterocycles. The highest BCUT2D eigenvalue weighted by molar-refractivity contribution is 7.47. The van der Waals surface area contributed by atoms with Gasteiger partial charge < -0.3 is 33.8 Å². The minimum atomic E-state index is -4.92. The average molecular weight is 1030 g/mol. The molecule has 0 aliphatic heterocycles. The minimum absolute atomic E-state index is 0.0985. The Morgan fingerprint density at radius 3 is 0.870 bits per heavy atom. The number of rotatable bonds is 51. The first-order valence-electron chi connectivity index (χ1n) is 26.8. The number of carbonyl (C=O) groups is 4. The molecule has 5 atom stereocenters. The summed E-state index contributed by atoms with van der Waals surface area (Å²) in [6, 6.07) is 0. The second-order valence-corrected chi connectivity index (χ2v) is 21.1. The Bertz CT molecular complexity index is 1370. The molecule has 0 rings (SSSR count). The highest BCUT2D eigenvalue weighted by atomic mass is 31.2. The quantitative estimate of drug-likeness (QED) is 0.0222. The molecule has 0 aromatic carbocycles. The average Bonchev–Trinajstić information content (AvgIpc) is 3.32. The van der Waals surface area contributed by atoms with Crippen LogP contribution in [0.1, 0.15) is 240 Å². The van der Waals surface area contributed by atoms with Crippen LogP contribution < -0.4 is 0 Å². The van der Waals surface area contributed by atoms with Crippen molar-refractivity contribution >= 4 is 39.5 Å². The number of aliphatic hydroxyl groups excluding tert-OH is 1. The third-order valence-electron chi connectivity index (χ3n) is 11.4. The number of phosphoric ester groups is 2. The van der Waals surface area contributed by atoms with Gasteiger partial charge in [0.05, 0.1) is 26.4 Å². The molecule has 17 nitrogen and oxygen atoms in total. The van der Waals surface area contributed by atoms with Crippen LogP contribution in [0.15, 0.2) is 0 Å². The molecule has 2 unspecified atom stereocenters. The maximum absolute atomic E-state index is 12.8. The van der Waals surface area contributed by atoms with Gasteiger partial charge in [-0.15, -0.1) is 0 Å². The van der Waals surface area contributed by atoms with Crippen LogP contribution in [-0.4, -0.2) is 96.7 Å². The van der Waals surface area contributed by atoms with Crippen molar-refractivity contribution in [2.75, 3.05) is 39.6 Å². The zero-order valence-electron chi connectivity index (χ0n) is 43.3. The topological polar surface area (TPSA) is 237 Å². The normalized spacial score (nSPS) is 14.6. The summed E-state index contributed by atoms with van der Waals surface area (Å²) in [5.74, 6) is -2.18. The van der Waals surface area contributed by atoms with Crippen molar-refractivity contribution in [2.24, 2.45) is 0 Å². The summed E-state index contributed by atoms with van der Waals surface area (Å²) >= 11 is 0. The zero-order valence-corrected chi connectivity index (χ0v) is 45.0. The Kier molecular flexibility index (Phi) is 44.6. The molecular formula is C50H96O17P2. The van der Waals surface area contributed by atoms with Gasteiger partial charge in [0.1, 0.15) is 19.3 Å². The van der Waals surface area contributed by atoms with E-state index in [2.05, 4.69) is 20.8 Å². The van der Waals surface area contributed by atoms with Crippen molar-refractivity contribution in [3.63, 3.8) is 0 Å². The van der Waals surface area contributed by atoms with Crippen LogP contribution in [0.5, 0.6) is 0 Å². The molecule has 0 fully saturated rings. The van der Waals surface area contributed by atoms with Gasteiger partial charge in [0.15, 0.2) is 12.2 Å².